The molecule has 0 spiro atoms. The third kappa shape index (κ3) is 3.16. The number of para-hydroxylation sites is 1. The summed E-state index contributed by atoms with van der Waals surface area (Å²) in [5.74, 6) is 1.85. The first-order chi connectivity index (χ1) is 11.8. The SMILES string of the molecule is Cc1ccc(-c2nc(CSc3ccc4ccccc4n3)no2)cc1. The van der Waals surface area contributed by atoms with E-state index in [1.807, 2.05) is 48.5 Å². The van der Waals surface area contributed by atoms with Crippen LogP contribution in [-0.4, -0.2) is 15.1 Å². The molecule has 4 rings (SSSR count). The van der Waals surface area contributed by atoms with Crippen LogP contribution in [0, 0.1) is 6.92 Å². The van der Waals surface area contributed by atoms with Gasteiger partial charge in [-0.3, -0.25) is 0 Å². The zero-order chi connectivity index (χ0) is 16.4. The number of fused-ring (bicyclic) bond motifs is 1. The number of aromatic nitrogens is 3. The summed E-state index contributed by atoms with van der Waals surface area (Å²) in [6, 6.07) is 20.2. The summed E-state index contributed by atoms with van der Waals surface area (Å²) in [5.41, 5.74) is 3.14. The van der Waals surface area contributed by atoms with Crippen LogP contribution in [0.2, 0.25) is 0 Å². The predicted molar refractivity (Wildman–Crippen MR) is 95.8 cm³/mol. The Labute approximate surface area is 143 Å². The normalized spacial score (nSPS) is 11.0. The fourth-order valence-electron chi connectivity index (χ4n) is 2.39. The predicted octanol–water partition coefficient (Wildman–Crippen LogP) is 4.89. The third-order valence-electron chi connectivity index (χ3n) is 3.69. The van der Waals surface area contributed by atoms with Gasteiger partial charge in [0.05, 0.1) is 16.3 Å². The van der Waals surface area contributed by atoms with Crippen LogP contribution in [0.4, 0.5) is 0 Å². The molecule has 0 aliphatic rings. The van der Waals surface area contributed by atoms with Crippen LogP contribution < -0.4 is 0 Å². The number of rotatable bonds is 4. The molecule has 0 amide bonds. The van der Waals surface area contributed by atoms with E-state index in [4.69, 9.17) is 4.52 Å². The number of nitrogens with zero attached hydrogens (tertiary/aromatic N) is 3. The molecule has 0 fully saturated rings. The molecular formula is C19H15N3OS. The van der Waals surface area contributed by atoms with Gasteiger partial charge in [-0.25, -0.2) is 4.98 Å². The van der Waals surface area contributed by atoms with E-state index < -0.39 is 0 Å². The van der Waals surface area contributed by atoms with E-state index in [0.29, 0.717) is 17.5 Å². The van der Waals surface area contributed by atoms with Gasteiger partial charge in [0.25, 0.3) is 5.89 Å². The summed E-state index contributed by atoms with van der Waals surface area (Å²) in [6.07, 6.45) is 0. The first kappa shape index (κ1) is 14.9. The fourth-order valence-corrected chi connectivity index (χ4v) is 3.11. The Morgan fingerprint density at radius 1 is 0.917 bits per heavy atom. The van der Waals surface area contributed by atoms with E-state index in [0.717, 1.165) is 21.5 Å². The van der Waals surface area contributed by atoms with E-state index in [9.17, 15) is 0 Å². The molecule has 0 bridgehead atoms. The van der Waals surface area contributed by atoms with Gasteiger partial charge in [0.2, 0.25) is 0 Å². The summed E-state index contributed by atoms with van der Waals surface area (Å²) in [5, 5.41) is 6.15. The average Bonchev–Trinajstić information content (AvgIpc) is 3.09. The van der Waals surface area contributed by atoms with E-state index in [1.54, 1.807) is 11.8 Å². The Hall–Kier alpha value is -2.66. The van der Waals surface area contributed by atoms with Crippen LogP contribution in [0.25, 0.3) is 22.4 Å². The van der Waals surface area contributed by atoms with Gasteiger partial charge < -0.3 is 4.52 Å². The smallest absolute Gasteiger partial charge is 0.257 e. The number of hydrogen-bond acceptors (Lipinski definition) is 5. The van der Waals surface area contributed by atoms with Crippen molar-refractivity contribution in [3.8, 4) is 11.5 Å². The molecule has 2 aromatic carbocycles. The van der Waals surface area contributed by atoms with Crippen LogP contribution in [0.5, 0.6) is 0 Å². The van der Waals surface area contributed by atoms with Crippen LogP contribution in [0.1, 0.15) is 11.4 Å². The van der Waals surface area contributed by atoms with Crippen LogP contribution in [-0.2, 0) is 5.75 Å². The summed E-state index contributed by atoms with van der Waals surface area (Å²) in [7, 11) is 0. The van der Waals surface area contributed by atoms with Gasteiger partial charge in [-0.05, 0) is 31.2 Å². The van der Waals surface area contributed by atoms with Gasteiger partial charge in [-0.15, -0.1) is 0 Å². The van der Waals surface area contributed by atoms with Crippen molar-refractivity contribution in [1.29, 1.82) is 0 Å². The number of thioether (sulfide) groups is 1. The van der Waals surface area contributed by atoms with Gasteiger partial charge >= 0.3 is 0 Å². The van der Waals surface area contributed by atoms with E-state index >= 15 is 0 Å². The van der Waals surface area contributed by atoms with Crippen LogP contribution in [0.3, 0.4) is 0 Å². The second-order valence-electron chi connectivity index (χ2n) is 5.51. The second-order valence-corrected chi connectivity index (χ2v) is 6.51. The minimum atomic E-state index is 0.553. The molecule has 0 aliphatic heterocycles. The van der Waals surface area contributed by atoms with E-state index in [-0.39, 0.29) is 0 Å². The highest BCUT2D eigenvalue weighted by Crippen LogP contribution is 2.24. The van der Waals surface area contributed by atoms with Crippen molar-refractivity contribution >= 4 is 22.7 Å². The van der Waals surface area contributed by atoms with Gasteiger partial charge in [0, 0.05) is 10.9 Å². The molecule has 0 saturated carbocycles. The molecule has 4 aromatic rings. The molecular weight excluding hydrogens is 318 g/mol. The standard InChI is InChI=1S/C19H15N3OS/c1-13-6-8-15(9-7-13)19-21-17(22-23-19)12-24-18-11-10-14-4-2-3-5-16(14)20-18/h2-11H,12H2,1H3. The maximum Gasteiger partial charge on any atom is 0.257 e. The molecule has 0 N–H and O–H groups in total. The zero-order valence-electron chi connectivity index (χ0n) is 13.1. The molecule has 0 aliphatic carbocycles. The lowest BCUT2D eigenvalue weighted by molar-refractivity contribution is 0.425. The zero-order valence-corrected chi connectivity index (χ0v) is 14.0. The van der Waals surface area contributed by atoms with Gasteiger partial charge in [0.1, 0.15) is 0 Å². The Morgan fingerprint density at radius 3 is 2.62 bits per heavy atom. The topological polar surface area (TPSA) is 51.8 Å². The van der Waals surface area contributed by atoms with Crippen molar-refractivity contribution in [3.63, 3.8) is 0 Å². The molecule has 5 heteroatoms. The van der Waals surface area contributed by atoms with E-state index in [1.165, 1.54) is 5.56 Å². The average molecular weight is 333 g/mol. The van der Waals surface area contributed by atoms with Crippen molar-refractivity contribution in [1.82, 2.24) is 15.1 Å². The number of pyridine rings is 1. The van der Waals surface area contributed by atoms with Gasteiger partial charge in [-0.1, -0.05) is 58.9 Å². The first-order valence-electron chi connectivity index (χ1n) is 7.66. The largest absolute Gasteiger partial charge is 0.334 e. The highest BCUT2D eigenvalue weighted by Gasteiger charge is 2.09. The maximum atomic E-state index is 5.35. The highest BCUT2D eigenvalue weighted by molar-refractivity contribution is 7.98. The molecule has 2 heterocycles. The summed E-state index contributed by atoms with van der Waals surface area (Å²) in [6.45, 7) is 2.05. The summed E-state index contributed by atoms with van der Waals surface area (Å²) < 4.78 is 5.35. The molecule has 0 saturated heterocycles. The van der Waals surface area contributed by atoms with Crippen molar-refractivity contribution < 1.29 is 4.52 Å². The quantitative estimate of drug-likeness (QED) is 0.498. The van der Waals surface area contributed by atoms with Crippen molar-refractivity contribution in [2.24, 2.45) is 0 Å². The lowest BCUT2D eigenvalue weighted by atomic mass is 10.1. The minimum Gasteiger partial charge on any atom is -0.334 e. The second kappa shape index (κ2) is 6.45. The highest BCUT2D eigenvalue weighted by atomic mass is 32.2. The summed E-state index contributed by atoms with van der Waals surface area (Å²) in [4.78, 5) is 9.10. The minimum absolute atomic E-state index is 0.553. The Balaban J connectivity index is 1.48. The lowest BCUT2D eigenvalue weighted by Gasteiger charge is -2.00. The molecule has 0 radical (unpaired) electrons. The molecule has 118 valence electrons. The van der Waals surface area contributed by atoms with Crippen LogP contribution in [0.15, 0.2) is 70.2 Å². The maximum absolute atomic E-state index is 5.35. The molecule has 0 unspecified atom stereocenters. The third-order valence-corrected chi connectivity index (χ3v) is 4.61. The van der Waals surface area contributed by atoms with Gasteiger partial charge in [-0.2, -0.15) is 4.98 Å². The molecule has 2 aromatic heterocycles. The van der Waals surface area contributed by atoms with Crippen molar-refractivity contribution in [3.05, 3.63) is 72.1 Å². The van der Waals surface area contributed by atoms with Crippen LogP contribution >= 0.6 is 11.8 Å². The van der Waals surface area contributed by atoms with Gasteiger partial charge in [0.15, 0.2) is 5.82 Å². The Kier molecular flexibility index (Phi) is 4.01. The number of aryl methyl sites for hydroxylation is 1. The molecule has 24 heavy (non-hydrogen) atoms. The number of hydrogen-bond donors (Lipinski definition) is 0. The monoisotopic (exact) mass is 333 g/mol. The first-order valence-corrected chi connectivity index (χ1v) is 8.65. The Morgan fingerprint density at radius 2 is 1.75 bits per heavy atom. The lowest BCUT2D eigenvalue weighted by Crippen LogP contribution is -1.87. The Bertz CT molecular complexity index is 979. The molecule has 4 nitrogen and oxygen atoms in total. The molecule has 0 atom stereocenters. The fraction of sp³-hybridized carbons (Fsp3) is 0.105. The number of benzene rings is 2. The van der Waals surface area contributed by atoms with Crippen molar-refractivity contribution in [2.45, 2.75) is 17.7 Å². The van der Waals surface area contributed by atoms with Crippen molar-refractivity contribution in [2.75, 3.05) is 0 Å². The summed E-state index contributed by atoms with van der Waals surface area (Å²) >= 11 is 1.60. The van der Waals surface area contributed by atoms with E-state index in [2.05, 4.69) is 34.2 Å².